The molecule has 0 spiro atoms. The van der Waals surface area contributed by atoms with Crippen LogP contribution in [0.2, 0.25) is 0 Å². The van der Waals surface area contributed by atoms with Crippen molar-refractivity contribution < 1.29 is 17.7 Å². The summed E-state index contributed by atoms with van der Waals surface area (Å²) in [6.07, 6.45) is 0. The highest BCUT2D eigenvalue weighted by atomic mass is 79.9. The molecular weight excluding hydrogens is 312 g/mol. The maximum absolute atomic E-state index is 10.4. The smallest absolute Gasteiger partial charge is 0.266 e. The third-order valence-corrected chi connectivity index (χ3v) is 3.21. The Kier molecular flexibility index (Phi) is 5.19. The van der Waals surface area contributed by atoms with Crippen molar-refractivity contribution in [2.45, 2.75) is 0 Å². The molecule has 0 saturated carbocycles. The number of methoxy groups -OCH3 is 1. The fourth-order valence-electron chi connectivity index (χ4n) is 1.09. The molecule has 0 saturated heterocycles. The molecule has 17 heavy (non-hydrogen) atoms. The highest BCUT2D eigenvalue weighted by Crippen LogP contribution is 2.27. The quantitative estimate of drug-likeness (QED) is 0.415. The van der Waals surface area contributed by atoms with Gasteiger partial charge in [-0.15, -0.1) is 0 Å². The molecule has 0 aliphatic rings. The van der Waals surface area contributed by atoms with Gasteiger partial charge in [0.15, 0.2) is 0 Å². The normalized spacial score (nSPS) is 11.2. The molecule has 0 aromatic heterocycles. The maximum Gasteiger partial charge on any atom is 0.266 e. The lowest BCUT2D eigenvalue weighted by molar-refractivity contribution is 0.412. The molecule has 0 bridgehead atoms. The van der Waals surface area contributed by atoms with Crippen LogP contribution in [0.15, 0.2) is 22.7 Å². The molecule has 0 heterocycles. The van der Waals surface area contributed by atoms with E-state index in [9.17, 15) is 8.42 Å². The van der Waals surface area contributed by atoms with Crippen molar-refractivity contribution in [2.24, 2.45) is 0 Å². The molecule has 1 aromatic carbocycles. The van der Waals surface area contributed by atoms with Crippen LogP contribution in [0.1, 0.15) is 0 Å². The molecular formula is C9H13BrN2O4S. The number of halogens is 1. The average molecular weight is 325 g/mol. The summed E-state index contributed by atoms with van der Waals surface area (Å²) in [5, 5.41) is 0. The van der Waals surface area contributed by atoms with Crippen LogP contribution in [-0.4, -0.2) is 32.4 Å². The lowest BCUT2D eigenvalue weighted by Crippen LogP contribution is -2.27. The Morgan fingerprint density at radius 3 is 2.71 bits per heavy atom. The van der Waals surface area contributed by atoms with Gasteiger partial charge in [-0.1, -0.05) is 0 Å². The number of hydrogen-bond acceptors (Lipinski definition) is 5. The van der Waals surface area contributed by atoms with Gasteiger partial charge in [0, 0.05) is 6.54 Å². The molecule has 0 amide bonds. The summed E-state index contributed by atoms with van der Waals surface area (Å²) in [6.45, 7) is 0.0997. The summed E-state index contributed by atoms with van der Waals surface area (Å²) in [5.41, 5.74) is 6.21. The topological polar surface area (TPSA) is 87.7 Å². The van der Waals surface area contributed by atoms with Gasteiger partial charge in [0.1, 0.15) is 5.75 Å². The summed E-state index contributed by atoms with van der Waals surface area (Å²) in [6, 6.07) is 5.31. The molecule has 8 heteroatoms. The standard InChI is InChI=1S/C9H13BrN2O4S/c1-16-9-3-2-7(6-8(9)10)12-11-4-5-17(13,14)15/h2-3,6,11-12H,4-5H2,1H3,(H,13,14,15). The monoisotopic (exact) mass is 324 g/mol. The van der Waals surface area contributed by atoms with Crippen molar-refractivity contribution in [3.8, 4) is 5.75 Å². The largest absolute Gasteiger partial charge is 0.496 e. The van der Waals surface area contributed by atoms with Crippen molar-refractivity contribution in [3.63, 3.8) is 0 Å². The van der Waals surface area contributed by atoms with Crippen LogP contribution in [0.4, 0.5) is 5.69 Å². The minimum Gasteiger partial charge on any atom is -0.496 e. The number of ether oxygens (including phenoxy) is 1. The first-order valence-electron chi connectivity index (χ1n) is 4.70. The Hall–Kier alpha value is -0.830. The number of hydrogen-bond donors (Lipinski definition) is 3. The molecule has 0 radical (unpaired) electrons. The SMILES string of the molecule is COc1ccc(NNCCS(=O)(=O)O)cc1Br. The van der Waals surface area contributed by atoms with E-state index in [4.69, 9.17) is 9.29 Å². The van der Waals surface area contributed by atoms with Crippen LogP contribution in [0, 0.1) is 0 Å². The predicted octanol–water partition coefficient (Wildman–Crippen LogP) is 1.26. The second-order valence-electron chi connectivity index (χ2n) is 3.19. The van der Waals surface area contributed by atoms with E-state index in [0.717, 1.165) is 10.2 Å². The minimum absolute atomic E-state index is 0.0997. The van der Waals surface area contributed by atoms with Crippen molar-refractivity contribution in [3.05, 3.63) is 22.7 Å². The van der Waals surface area contributed by atoms with E-state index in [2.05, 4.69) is 26.8 Å². The van der Waals surface area contributed by atoms with Crippen LogP contribution in [0.5, 0.6) is 5.75 Å². The van der Waals surface area contributed by atoms with Crippen molar-refractivity contribution in [1.82, 2.24) is 5.43 Å². The first kappa shape index (κ1) is 14.2. The van der Waals surface area contributed by atoms with Crippen molar-refractivity contribution >= 4 is 31.7 Å². The van der Waals surface area contributed by atoms with Crippen molar-refractivity contribution in [1.29, 1.82) is 0 Å². The first-order valence-corrected chi connectivity index (χ1v) is 7.10. The lowest BCUT2D eigenvalue weighted by Gasteiger charge is -2.09. The zero-order chi connectivity index (χ0) is 12.9. The van der Waals surface area contributed by atoms with Gasteiger partial charge in [-0.25, -0.2) is 5.43 Å². The zero-order valence-electron chi connectivity index (χ0n) is 9.10. The number of anilines is 1. The van der Waals surface area contributed by atoms with E-state index in [1.807, 2.05) is 0 Å². The van der Waals surface area contributed by atoms with Crippen LogP contribution < -0.4 is 15.6 Å². The number of benzene rings is 1. The molecule has 1 aromatic rings. The van der Waals surface area contributed by atoms with E-state index >= 15 is 0 Å². The molecule has 96 valence electrons. The lowest BCUT2D eigenvalue weighted by atomic mass is 10.3. The van der Waals surface area contributed by atoms with E-state index in [-0.39, 0.29) is 12.3 Å². The molecule has 0 aliphatic carbocycles. The maximum atomic E-state index is 10.4. The third kappa shape index (κ3) is 5.35. The van der Waals surface area contributed by atoms with Crippen LogP contribution >= 0.6 is 15.9 Å². The van der Waals surface area contributed by atoms with Gasteiger partial charge in [-0.3, -0.25) is 4.55 Å². The third-order valence-electron chi connectivity index (χ3n) is 1.87. The molecule has 0 aliphatic heterocycles. The van der Waals surface area contributed by atoms with E-state index < -0.39 is 10.1 Å². The Bertz CT molecular complexity index is 478. The molecule has 0 fully saturated rings. The van der Waals surface area contributed by atoms with E-state index in [1.54, 1.807) is 25.3 Å². The summed E-state index contributed by atoms with van der Waals surface area (Å²) in [4.78, 5) is 0. The second-order valence-corrected chi connectivity index (χ2v) is 5.61. The fourth-order valence-corrected chi connectivity index (χ4v) is 1.99. The minimum atomic E-state index is -3.93. The van der Waals surface area contributed by atoms with Crippen LogP contribution in [0.25, 0.3) is 0 Å². The fraction of sp³-hybridized carbons (Fsp3) is 0.333. The van der Waals surface area contributed by atoms with Gasteiger partial charge in [0.25, 0.3) is 10.1 Å². The molecule has 6 nitrogen and oxygen atoms in total. The van der Waals surface area contributed by atoms with E-state index in [1.165, 1.54) is 0 Å². The Morgan fingerprint density at radius 1 is 1.47 bits per heavy atom. The van der Waals surface area contributed by atoms with Crippen LogP contribution in [0.3, 0.4) is 0 Å². The number of nitrogens with one attached hydrogen (secondary N) is 2. The zero-order valence-corrected chi connectivity index (χ0v) is 11.5. The van der Waals surface area contributed by atoms with Gasteiger partial charge in [0.05, 0.1) is 23.0 Å². The molecule has 3 N–H and O–H groups in total. The average Bonchev–Trinajstić information content (AvgIpc) is 2.23. The summed E-state index contributed by atoms with van der Waals surface area (Å²) >= 11 is 3.32. The Balaban J connectivity index is 2.45. The van der Waals surface area contributed by atoms with Crippen molar-refractivity contribution in [2.75, 3.05) is 24.8 Å². The van der Waals surface area contributed by atoms with Crippen LogP contribution in [-0.2, 0) is 10.1 Å². The molecule has 0 unspecified atom stereocenters. The highest BCUT2D eigenvalue weighted by molar-refractivity contribution is 9.10. The summed E-state index contributed by atoms with van der Waals surface area (Å²) in [7, 11) is -2.36. The summed E-state index contributed by atoms with van der Waals surface area (Å²) < 4.78 is 35.2. The number of rotatable bonds is 6. The second kappa shape index (κ2) is 6.20. The first-order chi connectivity index (χ1) is 7.92. The predicted molar refractivity (Wildman–Crippen MR) is 68.7 cm³/mol. The highest BCUT2D eigenvalue weighted by Gasteiger charge is 2.03. The van der Waals surface area contributed by atoms with E-state index in [0.29, 0.717) is 5.75 Å². The van der Waals surface area contributed by atoms with Gasteiger partial charge < -0.3 is 10.2 Å². The number of hydrazine groups is 1. The molecule has 1 rings (SSSR count). The molecule has 0 atom stereocenters. The van der Waals surface area contributed by atoms with Gasteiger partial charge in [-0.05, 0) is 34.1 Å². The van der Waals surface area contributed by atoms with Gasteiger partial charge >= 0.3 is 0 Å². The Labute approximate surface area is 108 Å². The van der Waals surface area contributed by atoms with Gasteiger partial charge in [0.2, 0.25) is 0 Å². The summed E-state index contributed by atoms with van der Waals surface area (Å²) in [5.74, 6) is 0.352. The Morgan fingerprint density at radius 2 is 2.18 bits per heavy atom. The van der Waals surface area contributed by atoms with Gasteiger partial charge in [-0.2, -0.15) is 8.42 Å².